The summed E-state index contributed by atoms with van der Waals surface area (Å²) in [5.74, 6) is 1.59. The Bertz CT molecular complexity index is 524. The lowest BCUT2D eigenvalue weighted by atomic mass is 9.57. The minimum Gasteiger partial charge on any atom is -0.430 e. The van der Waals surface area contributed by atoms with E-state index >= 15 is 0 Å². The SMILES string of the molecule is CN1C(C)(C)CC(CCC2COB(c3ccccc3)C2)CC1(C)C. The minimum absolute atomic E-state index is 0.311. The van der Waals surface area contributed by atoms with Gasteiger partial charge in [0.15, 0.2) is 0 Å². The predicted molar refractivity (Wildman–Crippen MR) is 104 cm³/mol. The first-order valence-corrected chi connectivity index (χ1v) is 9.68. The van der Waals surface area contributed by atoms with Gasteiger partial charge >= 0.3 is 6.92 Å². The molecule has 0 aromatic heterocycles. The molecule has 2 aliphatic heterocycles. The second-order valence-electron chi connectivity index (χ2n) is 9.37. The van der Waals surface area contributed by atoms with Crippen molar-refractivity contribution in [3.63, 3.8) is 0 Å². The van der Waals surface area contributed by atoms with Crippen molar-refractivity contribution < 1.29 is 4.65 Å². The average molecular weight is 327 g/mol. The van der Waals surface area contributed by atoms with E-state index in [0.29, 0.717) is 18.0 Å². The van der Waals surface area contributed by atoms with Crippen LogP contribution >= 0.6 is 0 Å². The van der Waals surface area contributed by atoms with Crippen molar-refractivity contribution in [2.24, 2.45) is 11.8 Å². The number of hydrogen-bond acceptors (Lipinski definition) is 2. The minimum atomic E-state index is 0.311. The summed E-state index contributed by atoms with van der Waals surface area (Å²) in [6, 6.07) is 10.7. The van der Waals surface area contributed by atoms with Crippen LogP contribution in [0.25, 0.3) is 0 Å². The second-order valence-corrected chi connectivity index (χ2v) is 9.37. The molecule has 1 aromatic rings. The first kappa shape index (κ1) is 18.0. The molecule has 3 rings (SSSR count). The molecule has 0 amide bonds. The molecule has 1 aromatic carbocycles. The van der Waals surface area contributed by atoms with Gasteiger partial charge in [0.05, 0.1) is 0 Å². The molecular weight excluding hydrogens is 293 g/mol. The maximum Gasteiger partial charge on any atom is 0.326 e. The Morgan fingerprint density at radius 2 is 1.58 bits per heavy atom. The van der Waals surface area contributed by atoms with Crippen molar-refractivity contribution in [1.29, 1.82) is 0 Å². The Morgan fingerprint density at radius 3 is 2.21 bits per heavy atom. The summed E-state index contributed by atoms with van der Waals surface area (Å²) < 4.78 is 6.08. The first-order chi connectivity index (χ1) is 11.3. The first-order valence-electron chi connectivity index (χ1n) is 9.68. The molecule has 2 saturated heterocycles. The van der Waals surface area contributed by atoms with Crippen molar-refractivity contribution in [3.8, 4) is 0 Å². The van der Waals surface area contributed by atoms with Gasteiger partial charge in [0, 0.05) is 17.7 Å². The molecule has 2 aliphatic rings. The average Bonchev–Trinajstić information content (AvgIpc) is 3.00. The largest absolute Gasteiger partial charge is 0.430 e. The highest BCUT2D eigenvalue weighted by Crippen LogP contribution is 2.42. The summed E-state index contributed by atoms with van der Waals surface area (Å²) >= 11 is 0. The molecule has 2 heterocycles. The topological polar surface area (TPSA) is 12.5 Å². The smallest absolute Gasteiger partial charge is 0.326 e. The molecule has 132 valence electrons. The molecule has 3 heteroatoms. The molecule has 0 N–H and O–H groups in total. The maximum absolute atomic E-state index is 6.08. The van der Waals surface area contributed by atoms with Gasteiger partial charge in [-0.25, -0.2) is 0 Å². The van der Waals surface area contributed by atoms with Crippen LogP contribution in [0.2, 0.25) is 6.32 Å². The van der Waals surface area contributed by atoms with Crippen molar-refractivity contribution >= 4 is 12.4 Å². The van der Waals surface area contributed by atoms with Crippen LogP contribution < -0.4 is 5.46 Å². The van der Waals surface area contributed by atoms with E-state index in [2.05, 4.69) is 70.0 Å². The number of piperidine rings is 1. The molecule has 1 atom stereocenters. The monoisotopic (exact) mass is 327 g/mol. The van der Waals surface area contributed by atoms with Gasteiger partial charge in [0.2, 0.25) is 0 Å². The third-order valence-corrected chi connectivity index (χ3v) is 6.63. The van der Waals surface area contributed by atoms with Crippen LogP contribution in [0.3, 0.4) is 0 Å². The third-order valence-electron chi connectivity index (χ3n) is 6.63. The Labute approximate surface area is 149 Å². The van der Waals surface area contributed by atoms with Crippen LogP contribution in [-0.2, 0) is 4.65 Å². The summed E-state index contributed by atoms with van der Waals surface area (Å²) in [6.07, 6.45) is 6.52. The Morgan fingerprint density at radius 1 is 1.00 bits per heavy atom. The highest BCUT2D eigenvalue weighted by molar-refractivity contribution is 6.67. The van der Waals surface area contributed by atoms with Gasteiger partial charge in [-0.1, -0.05) is 30.3 Å². The van der Waals surface area contributed by atoms with Crippen molar-refractivity contribution in [2.45, 2.75) is 70.8 Å². The van der Waals surface area contributed by atoms with Crippen LogP contribution in [0.1, 0.15) is 53.4 Å². The zero-order valence-corrected chi connectivity index (χ0v) is 16.2. The zero-order valence-electron chi connectivity index (χ0n) is 16.2. The van der Waals surface area contributed by atoms with Crippen LogP contribution in [0.15, 0.2) is 30.3 Å². The van der Waals surface area contributed by atoms with E-state index in [1.54, 1.807) is 0 Å². The summed E-state index contributed by atoms with van der Waals surface area (Å²) in [5.41, 5.74) is 1.97. The number of rotatable bonds is 4. The second kappa shape index (κ2) is 6.84. The van der Waals surface area contributed by atoms with Crippen molar-refractivity contribution in [3.05, 3.63) is 30.3 Å². The predicted octanol–water partition coefficient (Wildman–Crippen LogP) is 4.21. The fraction of sp³-hybridized carbons (Fsp3) is 0.714. The normalized spacial score (nSPS) is 27.5. The van der Waals surface area contributed by atoms with Crippen LogP contribution in [0.4, 0.5) is 0 Å². The molecule has 0 spiro atoms. The Kier molecular flexibility index (Phi) is 5.13. The van der Waals surface area contributed by atoms with Crippen LogP contribution in [-0.4, -0.2) is 36.5 Å². The maximum atomic E-state index is 6.08. The summed E-state index contributed by atoms with van der Waals surface area (Å²) in [6.45, 7) is 10.9. The lowest BCUT2D eigenvalue weighted by molar-refractivity contribution is -0.0328. The van der Waals surface area contributed by atoms with E-state index in [-0.39, 0.29) is 0 Å². The van der Waals surface area contributed by atoms with E-state index in [0.717, 1.165) is 18.4 Å². The molecule has 0 bridgehead atoms. The molecule has 0 saturated carbocycles. The Hall–Kier alpha value is -0.795. The van der Waals surface area contributed by atoms with Crippen LogP contribution in [0.5, 0.6) is 0 Å². The van der Waals surface area contributed by atoms with E-state index in [1.165, 1.54) is 37.5 Å². The van der Waals surface area contributed by atoms with E-state index < -0.39 is 0 Å². The molecular formula is C21H34BNO. The molecule has 2 nitrogen and oxygen atoms in total. The molecule has 0 aliphatic carbocycles. The highest BCUT2D eigenvalue weighted by atomic mass is 16.4. The Balaban J connectivity index is 1.52. The van der Waals surface area contributed by atoms with Gasteiger partial charge in [-0.15, -0.1) is 0 Å². The van der Waals surface area contributed by atoms with Crippen LogP contribution in [0, 0.1) is 11.8 Å². The quantitative estimate of drug-likeness (QED) is 0.768. The highest BCUT2D eigenvalue weighted by Gasteiger charge is 2.43. The fourth-order valence-corrected chi connectivity index (χ4v) is 5.05. The van der Waals surface area contributed by atoms with Gasteiger partial charge < -0.3 is 4.65 Å². The summed E-state index contributed by atoms with van der Waals surface area (Å²) in [7, 11) is 2.30. The van der Waals surface area contributed by atoms with Gasteiger partial charge in [-0.3, -0.25) is 4.90 Å². The number of nitrogens with zero attached hydrogens (tertiary/aromatic N) is 1. The standard InChI is InChI=1S/C21H34BNO/c1-20(2)13-17(14-21(3,4)23(20)5)11-12-18-15-22(24-16-18)19-9-7-6-8-10-19/h6-10,17-18H,11-16H2,1-5H3. The van der Waals surface area contributed by atoms with E-state index in [4.69, 9.17) is 4.65 Å². The van der Waals surface area contributed by atoms with Gasteiger partial charge in [0.1, 0.15) is 0 Å². The number of likely N-dealkylation sites (tertiary alicyclic amines) is 1. The number of hydrogen-bond donors (Lipinski definition) is 0. The lowest BCUT2D eigenvalue weighted by Crippen LogP contribution is -2.58. The van der Waals surface area contributed by atoms with Gasteiger partial charge in [0.25, 0.3) is 0 Å². The van der Waals surface area contributed by atoms with Gasteiger partial charge in [-0.2, -0.15) is 0 Å². The fourth-order valence-electron chi connectivity index (χ4n) is 5.05. The molecule has 24 heavy (non-hydrogen) atoms. The van der Waals surface area contributed by atoms with E-state index in [1.807, 2.05) is 0 Å². The van der Waals surface area contributed by atoms with Gasteiger partial charge in [-0.05, 0) is 84.0 Å². The van der Waals surface area contributed by atoms with Crippen molar-refractivity contribution in [1.82, 2.24) is 4.90 Å². The molecule has 0 radical (unpaired) electrons. The molecule has 2 fully saturated rings. The van der Waals surface area contributed by atoms with Crippen molar-refractivity contribution in [2.75, 3.05) is 13.7 Å². The zero-order chi connectivity index (χ0) is 17.4. The molecule has 1 unspecified atom stereocenters. The summed E-state index contributed by atoms with van der Waals surface area (Å²) in [5, 5.41) is 0. The van der Waals surface area contributed by atoms with E-state index in [9.17, 15) is 0 Å². The summed E-state index contributed by atoms with van der Waals surface area (Å²) in [4.78, 5) is 2.58. The third kappa shape index (κ3) is 3.88. The number of benzene rings is 1. The lowest BCUT2D eigenvalue weighted by Gasteiger charge is -2.54.